The second-order valence-corrected chi connectivity index (χ2v) is 6.10. The van der Waals surface area contributed by atoms with E-state index >= 15 is 0 Å². The summed E-state index contributed by atoms with van der Waals surface area (Å²) in [6.45, 7) is 1.52. The molecule has 0 aliphatic carbocycles. The molecule has 20 heavy (non-hydrogen) atoms. The monoisotopic (exact) mass is 341 g/mol. The van der Waals surface area contributed by atoms with Crippen LogP contribution >= 0.6 is 15.9 Å². The third kappa shape index (κ3) is 3.28. The molecule has 0 radical (unpaired) electrons. The summed E-state index contributed by atoms with van der Waals surface area (Å²) in [6.07, 6.45) is 3.60. The molecule has 0 spiro atoms. The molecule has 7 heteroatoms. The number of piperidine rings is 1. The molecule has 0 unspecified atom stereocenters. The van der Waals surface area contributed by atoms with E-state index in [9.17, 15) is 4.79 Å². The summed E-state index contributed by atoms with van der Waals surface area (Å²) in [7, 11) is 4.16. The Kier molecular flexibility index (Phi) is 4.95. The Morgan fingerprint density at radius 1 is 1.50 bits per heavy atom. The van der Waals surface area contributed by atoms with Gasteiger partial charge in [-0.3, -0.25) is 4.79 Å². The number of nitrogen functional groups attached to an aromatic ring is 1. The summed E-state index contributed by atoms with van der Waals surface area (Å²) >= 11 is 3.34. The Labute approximate surface area is 127 Å². The van der Waals surface area contributed by atoms with Crippen LogP contribution in [-0.4, -0.2) is 53.9 Å². The molecule has 1 fully saturated rings. The molecule has 110 valence electrons. The van der Waals surface area contributed by atoms with Gasteiger partial charge in [0.25, 0.3) is 5.91 Å². The molecule has 1 aliphatic rings. The number of nitrogens with one attached hydrogen (secondary N) is 1. The number of nitrogens with two attached hydrogens (primary N) is 1. The van der Waals surface area contributed by atoms with Gasteiger partial charge in [-0.1, -0.05) is 0 Å². The van der Waals surface area contributed by atoms with E-state index in [1.807, 2.05) is 4.90 Å². The average Bonchev–Trinajstić information content (AvgIpc) is 2.46. The smallest absolute Gasteiger partial charge is 0.257 e. The van der Waals surface area contributed by atoms with E-state index in [1.54, 1.807) is 12.3 Å². The number of hydrogen-bond acceptors (Lipinski definition) is 5. The van der Waals surface area contributed by atoms with Crippen molar-refractivity contribution in [2.45, 2.75) is 18.9 Å². The minimum absolute atomic E-state index is 0.0241. The minimum Gasteiger partial charge on any atom is -0.338 e. The van der Waals surface area contributed by atoms with Crippen molar-refractivity contribution in [3.63, 3.8) is 0 Å². The van der Waals surface area contributed by atoms with E-state index in [-0.39, 0.29) is 5.91 Å². The Morgan fingerprint density at radius 2 is 2.15 bits per heavy atom. The molecule has 2 heterocycles. The zero-order chi connectivity index (χ0) is 14.7. The fraction of sp³-hybridized carbons (Fsp3) is 0.538. The van der Waals surface area contributed by atoms with Crippen molar-refractivity contribution >= 4 is 27.7 Å². The Balaban J connectivity index is 2.11. The lowest BCUT2D eigenvalue weighted by molar-refractivity contribution is 0.0664. The highest BCUT2D eigenvalue weighted by Gasteiger charge is 2.26. The number of carbonyl (C=O) groups excluding carboxylic acids is 1. The number of carbonyl (C=O) groups is 1. The predicted molar refractivity (Wildman–Crippen MR) is 82.4 cm³/mol. The van der Waals surface area contributed by atoms with Crippen molar-refractivity contribution in [2.75, 3.05) is 32.6 Å². The lowest BCUT2D eigenvalue weighted by Gasteiger charge is -2.35. The van der Waals surface area contributed by atoms with Crippen molar-refractivity contribution in [1.29, 1.82) is 0 Å². The summed E-state index contributed by atoms with van der Waals surface area (Å²) in [5, 5.41) is 0. The van der Waals surface area contributed by atoms with Crippen LogP contribution in [0.4, 0.5) is 5.82 Å². The van der Waals surface area contributed by atoms with Crippen LogP contribution in [0, 0.1) is 0 Å². The molecule has 0 saturated carbocycles. The van der Waals surface area contributed by atoms with E-state index in [0.717, 1.165) is 30.4 Å². The predicted octanol–water partition coefficient (Wildman–Crippen LogP) is 1.30. The third-order valence-electron chi connectivity index (χ3n) is 3.70. The molecular formula is C13H20BrN5O. The number of nitrogens with zero attached hydrogens (tertiary/aromatic N) is 3. The van der Waals surface area contributed by atoms with Gasteiger partial charge in [0, 0.05) is 29.8 Å². The van der Waals surface area contributed by atoms with Gasteiger partial charge in [-0.05, 0) is 48.9 Å². The quantitative estimate of drug-likeness (QED) is 0.640. The molecule has 1 aromatic rings. The normalized spacial score (nSPS) is 16.6. The Morgan fingerprint density at radius 3 is 2.70 bits per heavy atom. The highest BCUT2D eigenvalue weighted by atomic mass is 79.9. The number of rotatable bonds is 3. The summed E-state index contributed by atoms with van der Waals surface area (Å²) < 4.78 is 0.767. The summed E-state index contributed by atoms with van der Waals surface area (Å²) in [4.78, 5) is 20.8. The standard InChI is InChI=1S/C13H20BrN5O/c1-18(2)10-3-5-19(6-4-10)13(20)11-7-9(14)8-16-12(11)17-15/h7-8,10H,3-6,15H2,1-2H3,(H,16,17). The molecule has 3 N–H and O–H groups in total. The zero-order valence-corrected chi connectivity index (χ0v) is 13.4. The fourth-order valence-corrected chi connectivity index (χ4v) is 2.80. The van der Waals surface area contributed by atoms with Crippen LogP contribution in [0.15, 0.2) is 16.7 Å². The van der Waals surface area contributed by atoms with Crippen molar-refractivity contribution < 1.29 is 4.79 Å². The van der Waals surface area contributed by atoms with E-state index in [0.29, 0.717) is 17.4 Å². The van der Waals surface area contributed by atoms with Gasteiger partial charge in [-0.25, -0.2) is 10.8 Å². The average molecular weight is 342 g/mol. The molecule has 0 atom stereocenters. The van der Waals surface area contributed by atoms with E-state index in [1.165, 1.54) is 0 Å². The Hall–Kier alpha value is -1.18. The summed E-state index contributed by atoms with van der Waals surface area (Å²) in [6, 6.07) is 2.30. The number of amides is 1. The lowest BCUT2D eigenvalue weighted by Crippen LogP contribution is -2.44. The number of hydrogen-bond donors (Lipinski definition) is 2. The highest BCUT2D eigenvalue weighted by molar-refractivity contribution is 9.10. The number of hydrazine groups is 1. The summed E-state index contributed by atoms with van der Waals surface area (Å²) in [5.41, 5.74) is 2.99. The maximum atomic E-state index is 12.6. The summed E-state index contributed by atoms with van der Waals surface area (Å²) in [5.74, 6) is 5.81. The highest BCUT2D eigenvalue weighted by Crippen LogP contribution is 2.22. The number of anilines is 1. The van der Waals surface area contributed by atoms with Crippen LogP contribution in [0.2, 0.25) is 0 Å². The van der Waals surface area contributed by atoms with E-state index < -0.39 is 0 Å². The van der Waals surface area contributed by atoms with Gasteiger partial charge >= 0.3 is 0 Å². The van der Waals surface area contributed by atoms with Crippen LogP contribution in [0.3, 0.4) is 0 Å². The van der Waals surface area contributed by atoms with Crippen LogP contribution < -0.4 is 11.3 Å². The Bertz CT molecular complexity index is 486. The molecule has 2 rings (SSSR count). The van der Waals surface area contributed by atoms with Gasteiger partial charge in [-0.15, -0.1) is 0 Å². The molecular weight excluding hydrogens is 322 g/mol. The first kappa shape index (κ1) is 15.2. The maximum absolute atomic E-state index is 12.6. The molecule has 1 aromatic heterocycles. The van der Waals surface area contributed by atoms with Gasteiger partial charge in [0.1, 0.15) is 0 Å². The maximum Gasteiger partial charge on any atom is 0.257 e. The van der Waals surface area contributed by atoms with Crippen LogP contribution in [0.1, 0.15) is 23.2 Å². The molecule has 6 nitrogen and oxygen atoms in total. The van der Waals surface area contributed by atoms with Crippen molar-refractivity contribution in [3.05, 3.63) is 22.3 Å². The van der Waals surface area contributed by atoms with Crippen LogP contribution in [-0.2, 0) is 0 Å². The van der Waals surface area contributed by atoms with Crippen LogP contribution in [0.5, 0.6) is 0 Å². The van der Waals surface area contributed by atoms with Crippen molar-refractivity contribution in [1.82, 2.24) is 14.8 Å². The van der Waals surface area contributed by atoms with Gasteiger partial charge < -0.3 is 15.2 Å². The van der Waals surface area contributed by atoms with E-state index in [2.05, 4.69) is 45.3 Å². The number of halogens is 1. The number of pyridine rings is 1. The SMILES string of the molecule is CN(C)C1CCN(C(=O)c2cc(Br)cnc2NN)CC1. The molecule has 1 saturated heterocycles. The van der Waals surface area contributed by atoms with Crippen molar-refractivity contribution in [2.24, 2.45) is 5.84 Å². The van der Waals surface area contributed by atoms with Gasteiger partial charge in [0.2, 0.25) is 0 Å². The van der Waals surface area contributed by atoms with Gasteiger partial charge in [0.05, 0.1) is 5.56 Å². The van der Waals surface area contributed by atoms with Gasteiger partial charge in [-0.2, -0.15) is 0 Å². The first-order valence-electron chi connectivity index (χ1n) is 6.60. The molecule has 0 aromatic carbocycles. The minimum atomic E-state index is -0.0241. The lowest BCUT2D eigenvalue weighted by atomic mass is 10.0. The molecule has 1 aliphatic heterocycles. The second-order valence-electron chi connectivity index (χ2n) is 5.18. The van der Waals surface area contributed by atoms with Crippen LogP contribution in [0.25, 0.3) is 0 Å². The van der Waals surface area contributed by atoms with Crippen molar-refractivity contribution in [3.8, 4) is 0 Å². The third-order valence-corrected chi connectivity index (χ3v) is 4.14. The van der Waals surface area contributed by atoms with E-state index in [4.69, 9.17) is 5.84 Å². The molecule has 1 amide bonds. The first-order chi connectivity index (χ1) is 9.52. The fourth-order valence-electron chi connectivity index (χ4n) is 2.47. The van der Waals surface area contributed by atoms with Gasteiger partial charge in [0.15, 0.2) is 5.82 Å². The second kappa shape index (κ2) is 6.51. The first-order valence-corrected chi connectivity index (χ1v) is 7.40. The largest absolute Gasteiger partial charge is 0.338 e. The number of likely N-dealkylation sites (tertiary alicyclic amines) is 1. The zero-order valence-electron chi connectivity index (χ0n) is 11.8. The molecule has 0 bridgehead atoms. The topological polar surface area (TPSA) is 74.5 Å². The number of aromatic nitrogens is 1.